The summed E-state index contributed by atoms with van der Waals surface area (Å²) in [5, 5.41) is 10.1. The van der Waals surface area contributed by atoms with Crippen LogP contribution in [0.5, 0.6) is 0 Å². The Kier molecular flexibility index (Phi) is 7.00. The summed E-state index contributed by atoms with van der Waals surface area (Å²) in [7, 11) is -1.13. The van der Waals surface area contributed by atoms with Gasteiger partial charge in [-0.2, -0.15) is 0 Å². The number of rotatable bonds is 6. The van der Waals surface area contributed by atoms with Crippen molar-refractivity contribution in [1.29, 1.82) is 0 Å². The minimum Gasteiger partial charge on any atom is -0.481 e. The van der Waals surface area contributed by atoms with Gasteiger partial charge >= 0.3 is 5.97 Å². The Balaban J connectivity index is 0.00000300. The summed E-state index contributed by atoms with van der Waals surface area (Å²) in [6, 6.07) is 12.3. The van der Waals surface area contributed by atoms with Crippen molar-refractivity contribution in [1.82, 2.24) is 0 Å². The lowest BCUT2D eigenvalue weighted by Gasteiger charge is -2.12. The van der Waals surface area contributed by atoms with Gasteiger partial charge in [-0.05, 0) is 65.2 Å². The maximum absolute atomic E-state index is 13.8. The average Bonchev–Trinajstić information content (AvgIpc) is 2.66. The second-order valence-electron chi connectivity index (χ2n) is 6.52. The van der Waals surface area contributed by atoms with Gasteiger partial charge in [0.25, 0.3) is 0 Å². The molecule has 1 atom stereocenters. The van der Waals surface area contributed by atoms with E-state index in [4.69, 9.17) is 5.11 Å². The predicted molar refractivity (Wildman–Crippen MR) is 110 cm³/mol. The van der Waals surface area contributed by atoms with E-state index >= 15 is 0 Å². The molecule has 1 unspecified atom stereocenters. The minimum atomic E-state index is -1.13. The summed E-state index contributed by atoms with van der Waals surface area (Å²) in [6.07, 6.45) is -0.235. The molecule has 0 bridgehead atoms. The molecule has 0 saturated heterocycles. The van der Waals surface area contributed by atoms with Crippen molar-refractivity contribution in [3.05, 3.63) is 76.6 Å². The molecule has 7 heteroatoms. The van der Waals surface area contributed by atoms with Crippen LogP contribution in [-0.4, -0.2) is 32.3 Å². The number of benzene rings is 3. The average molecular weight is 416 g/mol. The van der Waals surface area contributed by atoms with Crippen LogP contribution in [0.2, 0.25) is 0 Å². The molecular formula is C22H21FO5S. The normalized spacial score (nSPS) is 11.7. The number of ketones is 1. The summed E-state index contributed by atoms with van der Waals surface area (Å²) < 4.78 is 25.8. The number of carbonyl (C=O) groups is 2. The summed E-state index contributed by atoms with van der Waals surface area (Å²) in [5.74, 6) is -1.33. The molecule has 0 aliphatic carbocycles. The molecule has 0 radical (unpaired) electrons. The Morgan fingerprint density at radius 3 is 2.38 bits per heavy atom. The van der Waals surface area contributed by atoms with Crippen LogP contribution in [-0.2, 0) is 22.0 Å². The van der Waals surface area contributed by atoms with E-state index in [9.17, 15) is 18.2 Å². The lowest BCUT2D eigenvalue weighted by molar-refractivity contribution is -0.136. The number of aliphatic carboxylic acids is 1. The van der Waals surface area contributed by atoms with Crippen molar-refractivity contribution < 1.29 is 28.8 Å². The maximum Gasteiger partial charge on any atom is 0.307 e. The summed E-state index contributed by atoms with van der Waals surface area (Å²) in [5.41, 5.74) is 1.80. The van der Waals surface area contributed by atoms with Crippen LogP contribution in [0.3, 0.4) is 0 Å². The van der Waals surface area contributed by atoms with E-state index in [1.165, 1.54) is 24.3 Å². The number of carboxylic acids is 1. The summed E-state index contributed by atoms with van der Waals surface area (Å²) in [4.78, 5) is 25.0. The predicted octanol–water partition coefficient (Wildman–Crippen LogP) is 3.45. The van der Waals surface area contributed by atoms with Crippen molar-refractivity contribution in [2.24, 2.45) is 0 Å². The first-order valence-corrected chi connectivity index (χ1v) is 10.1. The molecule has 0 saturated carbocycles. The zero-order valence-electron chi connectivity index (χ0n) is 16.0. The van der Waals surface area contributed by atoms with Crippen LogP contribution in [0.25, 0.3) is 10.8 Å². The molecule has 5 nitrogen and oxygen atoms in total. The molecule has 3 aromatic rings. The molecule has 0 aliphatic rings. The smallest absolute Gasteiger partial charge is 0.307 e. The Hall–Kier alpha value is -2.90. The number of halogens is 1. The Bertz CT molecular complexity index is 1120. The number of fused-ring (bicyclic) bond motifs is 1. The second kappa shape index (κ2) is 9.07. The van der Waals surface area contributed by atoms with E-state index < -0.39 is 22.6 Å². The minimum absolute atomic E-state index is 0. The van der Waals surface area contributed by atoms with Gasteiger partial charge in [-0.1, -0.05) is 19.1 Å². The molecule has 3 N–H and O–H groups in total. The van der Waals surface area contributed by atoms with Gasteiger partial charge in [-0.15, -0.1) is 0 Å². The van der Waals surface area contributed by atoms with Gasteiger partial charge in [0.2, 0.25) is 0 Å². The largest absolute Gasteiger partial charge is 0.481 e. The highest BCUT2D eigenvalue weighted by molar-refractivity contribution is 7.85. The van der Waals surface area contributed by atoms with E-state index in [0.717, 1.165) is 0 Å². The molecular weight excluding hydrogens is 395 g/mol. The third-order valence-corrected chi connectivity index (χ3v) is 5.85. The number of carboxylic acid groups (broad SMARTS) is 1. The van der Waals surface area contributed by atoms with Gasteiger partial charge in [-0.3, -0.25) is 13.8 Å². The fourth-order valence-corrected chi connectivity index (χ4v) is 4.06. The molecule has 0 amide bonds. The molecule has 0 fully saturated rings. The third kappa shape index (κ3) is 4.75. The van der Waals surface area contributed by atoms with Gasteiger partial charge in [0.05, 0.1) is 17.2 Å². The highest BCUT2D eigenvalue weighted by Crippen LogP contribution is 2.27. The van der Waals surface area contributed by atoms with Crippen LogP contribution < -0.4 is 0 Å². The van der Waals surface area contributed by atoms with Crippen molar-refractivity contribution in [2.45, 2.75) is 25.2 Å². The fourth-order valence-electron chi connectivity index (χ4n) is 3.20. The molecule has 3 rings (SSSR count). The van der Waals surface area contributed by atoms with Gasteiger partial charge < -0.3 is 10.6 Å². The number of aryl methyl sites for hydroxylation is 1. The topological polar surface area (TPSA) is 103 Å². The van der Waals surface area contributed by atoms with E-state index in [1.54, 1.807) is 31.2 Å². The lowest BCUT2D eigenvalue weighted by atomic mass is 9.92. The zero-order valence-corrected chi connectivity index (χ0v) is 16.8. The fraction of sp³-hybridized carbons (Fsp3) is 0.182. The molecule has 0 aliphatic heterocycles. The first-order valence-electron chi connectivity index (χ1n) is 8.78. The van der Waals surface area contributed by atoms with Crippen LogP contribution in [0.15, 0.2) is 53.4 Å². The van der Waals surface area contributed by atoms with Gasteiger partial charge in [0.15, 0.2) is 5.78 Å². The molecule has 0 spiro atoms. The summed E-state index contributed by atoms with van der Waals surface area (Å²) >= 11 is 0. The maximum atomic E-state index is 13.8. The van der Waals surface area contributed by atoms with Crippen LogP contribution in [0, 0.1) is 12.7 Å². The van der Waals surface area contributed by atoms with E-state index in [1.807, 2.05) is 6.92 Å². The first-order chi connectivity index (χ1) is 13.3. The summed E-state index contributed by atoms with van der Waals surface area (Å²) in [6.45, 7) is 3.58. The van der Waals surface area contributed by atoms with Gasteiger partial charge in [0.1, 0.15) is 5.82 Å². The molecule has 152 valence electrons. The van der Waals surface area contributed by atoms with Crippen molar-refractivity contribution in [3.63, 3.8) is 0 Å². The van der Waals surface area contributed by atoms with Crippen LogP contribution >= 0.6 is 0 Å². The molecule has 0 aromatic heterocycles. The van der Waals surface area contributed by atoms with Crippen molar-refractivity contribution >= 4 is 33.3 Å². The number of carbonyl (C=O) groups excluding carboxylic acids is 1. The van der Waals surface area contributed by atoms with E-state index in [0.29, 0.717) is 38.1 Å². The lowest BCUT2D eigenvalue weighted by Crippen LogP contribution is -2.08. The Labute approximate surface area is 169 Å². The Morgan fingerprint density at radius 2 is 1.76 bits per heavy atom. The quantitative estimate of drug-likeness (QED) is 0.622. The number of hydrogen-bond acceptors (Lipinski definition) is 3. The van der Waals surface area contributed by atoms with Gasteiger partial charge in [0, 0.05) is 21.8 Å². The van der Waals surface area contributed by atoms with Gasteiger partial charge in [-0.25, -0.2) is 4.39 Å². The number of hydrogen-bond donors (Lipinski definition) is 1. The molecule has 0 heterocycles. The van der Waals surface area contributed by atoms with E-state index in [2.05, 4.69) is 0 Å². The van der Waals surface area contributed by atoms with E-state index in [-0.39, 0.29) is 23.2 Å². The molecule has 29 heavy (non-hydrogen) atoms. The second-order valence-corrected chi connectivity index (χ2v) is 8.26. The highest BCUT2D eigenvalue weighted by atomic mass is 32.2. The zero-order chi connectivity index (χ0) is 20.4. The monoisotopic (exact) mass is 416 g/mol. The van der Waals surface area contributed by atoms with Crippen LogP contribution in [0.1, 0.15) is 34.0 Å². The standard InChI is InChI=1S/C22H19FO4S.H2O/c1-3-28(27)17-6-7-18(13(2)8-17)22(26)20-10-14(11-21(24)25)9-15-4-5-16(23)12-19(15)20;/h4-10,12H,3,11H2,1-2H3,(H,24,25);1H2. The first kappa shape index (κ1) is 22.4. The Morgan fingerprint density at radius 1 is 1.03 bits per heavy atom. The highest BCUT2D eigenvalue weighted by Gasteiger charge is 2.18. The SMILES string of the molecule is CCS(=O)c1ccc(C(=O)c2cc(CC(=O)O)cc3ccc(F)cc23)c(C)c1.O. The molecule has 3 aromatic carbocycles. The van der Waals surface area contributed by atoms with Crippen LogP contribution in [0.4, 0.5) is 4.39 Å². The van der Waals surface area contributed by atoms with Crippen molar-refractivity contribution in [3.8, 4) is 0 Å². The van der Waals surface area contributed by atoms with Crippen molar-refractivity contribution in [2.75, 3.05) is 5.75 Å². The third-order valence-electron chi connectivity index (χ3n) is 4.54.